The highest BCUT2D eigenvalue weighted by Gasteiger charge is 2.21. The lowest BCUT2D eigenvalue weighted by molar-refractivity contribution is -0.0528. The standard InChI is InChI=1S/C9H3Cl3F3N3O/c10-2-1-3(13)5(16-7(2)12)6-4(11)8(18-17-6)19-9(14)15/h1,9H,(H,17,18). The number of nitrogens with one attached hydrogen (secondary N) is 1. The highest BCUT2D eigenvalue weighted by atomic mass is 35.5. The summed E-state index contributed by atoms with van der Waals surface area (Å²) in [5, 5.41) is 5.02. The van der Waals surface area contributed by atoms with Crippen LogP contribution in [-0.4, -0.2) is 21.8 Å². The summed E-state index contributed by atoms with van der Waals surface area (Å²) in [5.41, 5.74) is -0.454. The molecule has 2 aromatic rings. The van der Waals surface area contributed by atoms with E-state index in [9.17, 15) is 13.2 Å². The molecule has 0 aliphatic carbocycles. The Kier molecular flexibility index (Phi) is 4.07. The van der Waals surface area contributed by atoms with Gasteiger partial charge in [-0.3, -0.25) is 5.10 Å². The molecule has 0 amide bonds. The van der Waals surface area contributed by atoms with E-state index >= 15 is 0 Å². The van der Waals surface area contributed by atoms with Crippen LogP contribution < -0.4 is 4.74 Å². The molecule has 0 aliphatic rings. The third-order valence-corrected chi connectivity index (χ3v) is 3.02. The lowest BCUT2D eigenvalue weighted by Crippen LogP contribution is -2.02. The number of halogens is 6. The van der Waals surface area contributed by atoms with Crippen LogP contribution in [0.25, 0.3) is 11.4 Å². The van der Waals surface area contributed by atoms with Crippen molar-refractivity contribution in [3.8, 4) is 17.3 Å². The van der Waals surface area contributed by atoms with Crippen molar-refractivity contribution in [3.63, 3.8) is 0 Å². The third kappa shape index (κ3) is 2.88. The van der Waals surface area contributed by atoms with Crippen LogP contribution in [0.1, 0.15) is 0 Å². The fourth-order valence-electron chi connectivity index (χ4n) is 1.25. The quantitative estimate of drug-likeness (QED) is 0.858. The van der Waals surface area contributed by atoms with Crippen LogP contribution in [0.2, 0.25) is 15.2 Å². The summed E-state index contributed by atoms with van der Waals surface area (Å²) in [6.07, 6.45) is 0. The van der Waals surface area contributed by atoms with Crippen molar-refractivity contribution in [2.45, 2.75) is 6.61 Å². The summed E-state index contributed by atoms with van der Waals surface area (Å²) in [7, 11) is 0. The largest absolute Gasteiger partial charge is 0.414 e. The van der Waals surface area contributed by atoms with E-state index in [4.69, 9.17) is 34.8 Å². The van der Waals surface area contributed by atoms with Crippen LogP contribution in [-0.2, 0) is 0 Å². The van der Waals surface area contributed by atoms with E-state index in [0.29, 0.717) is 0 Å². The Hall–Kier alpha value is -1.18. The van der Waals surface area contributed by atoms with Gasteiger partial charge in [0.1, 0.15) is 21.6 Å². The molecule has 1 N–H and O–H groups in total. The first-order valence-corrected chi connectivity index (χ1v) is 5.74. The molecule has 102 valence electrons. The first kappa shape index (κ1) is 14.2. The molecule has 0 saturated carbocycles. The fourth-order valence-corrected chi connectivity index (χ4v) is 1.75. The molecule has 19 heavy (non-hydrogen) atoms. The van der Waals surface area contributed by atoms with E-state index in [-0.39, 0.29) is 26.6 Å². The first-order chi connectivity index (χ1) is 8.90. The zero-order valence-electron chi connectivity index (χ0n) is 8.73. The molecule has 0 atom stereocenters. The Bertz CT molecular complexity index is 620. The summed E-state index contributed by atoms with van der Waals surface area (Å²) < 4.78 is 41.8. The average molecular weight is 332 g/mol. The number of nitrogens with zero attached hydrogens (tertiary/aromatic N) is 2. The van der Waals surface area contributed by atoms with Gasteiger partial charge in [-0.15, -0.1) is 5.10 Å². The fraction of sp³-hybridized carbons (Fsp3) is 0.111. The minimum atomic E-state index is -3.11. The Morgan fingerprint density at radius 1 is 1.26 bits per heavy atom. The van der Waals surface area contributed by atoms with Gasteiger partial charge in [-0.05, 0) is 6.07 Å². The van der Waals surface area contributed by atoms with Crippen LogP contribution >= 0.6 is 34.8 Å². The highest BCUT2D eigenvalue weighted by Crippen LogP contribution is 2.35. The predicted octanol–water partition coefficient (Wildman–Crippen LogP) is 4.17. The lowest BCUT2D eigenvalue weighted by atomic mass is 10.2. The van der Waals surface area contributed by atoms with Gasteiger partial charge in [0.2, 0.25) is 0 Å². The van der Waals surface area contributed by atoms with Gasteiger partial charge in [0, 0.05) is 0 Å². The van der Waals surface area contributed by atoms with Crippen molar-refractivity contribution < 1.29 is 17.9 Å². The second kappa shape index (κ2) is 5.44. The smallest absolute Gasteiger partial charge is 0.388 e. The number of pyridine rings is 1. The van der Waals surface area contributed by atoms with E-state index in [1.54, 1.807) is 0 Å². The molecule has 0 spiro atoms. The number of aromatic nitrogens is 3. The van der Waals surface area contributed by atoms with Crippen LogP contribution in [0.5, 0.6) is 5.88 Å². The number of H-pyrrole nitrogens is 1. The molecule has 0 aromatic carbocycles. The molecule has 2 heterocycles. The molecule has 0 bridgehead atoms. The van der Waals surface area contributed by atoms with Gasteiger partial charge in [-0.2, -0.15) is 8.78 Å². The molecule has 0 radical (unpaired) electrons. The van der Waals surface area contributed by atoms with Crippen LogP contribution in [0.15, 0.2) is 6.07 Å². The van der Waals surface area contributed by atoms with Crippen LogP contribution in [0.3, 0.4) is 0 Å². The van der Waals surface area contributed by atoms with Gasteiger partial charge < -0.3 is 4.74 Å². The molecule has 2 aromatic heterocycles. The van der Waals surface area contributed by atoms with Gasteiger partial charge in [0.05, 0.1) is 5.02 Å². The summed E-state index contributed by atoms with van der Waals surface area (Å²) in [6, 6.07) is 0.914. The van der Waals surface area contributed by atoms with Crippen molar-refractivity contribution in [1.29, 1.82) is 0 Å². The molecule has 0 saturated heterocycles. The minimum Gasteiger partial charge on any atom is -0.414 e. The van der Waals surface area contributed by atoms with E-state index in [2.05, 4.69) is 19.9 Å². The molecule has 10 heteroatoms. The molecule has 0 unspecified atom stereocenters. The summed E-state index contributed by atoms with van der Waals surface area (Å²) in [4.78, 5) is 3.66. The van der Waals surface area contributed by atoms with Gasteiger partial charge in [-0.1, -0.05) is 34.8 Å². The second-order valence-corrected chi connectivity index (χ2v) is 4.33. The summed E-state index contributed by atoms with van der Waals surface area (Å²) in [5.74, 6) is -1.41. The van der Waals surface area contributed by atoms with Crippen molar-refractivity contribution in [2.75, 3.05) is 0 Å². The highest BCUT2D eigenvalue weighted by molar-refractivity contribution is 6.41. The Morgan fingerprint density at radius 3 is 2.58 bits per heavy atom. The van der Waals surface area contributed by atoms with Crippen LogP contribution in [0.4, 0.5) is 13.2 Å². The van der Waals surface area contributed by atoms with E-state index in [1.807, 2.05) is 0 Å². The van der Waals surface area contributed by atoms with E-state index in [0.717, 1.165) is 6.07 Å². The lowest BCUT2D eigenvalue weighted by Gasteiger charge is -2.03. The topological polar surface area (TPSA) is 50.8 Å². The maximum atomic E-state index is 13.7. The number of aromatic amines is 1. The van der Waals surface area contributed by atoms with Crippen molar-refractivity contribution in [3.05, 3.63) is 27.1 Å². The maximum Gasteiger partial charge on any atom is 0.388 e. The van der Waals surface area contributed by atoms with Gasteiger partial charge in [0.15, 0.2) is 5.82 Å². The second-order valence-electron chi connectivity index (χ2n) is 3.19. The predicted molar refractivity (Wildman–Crippen MR) is 63.4 cm³/mol. The Morgan fingerprint density at radius 2 is 1.95 bits per heavy atom. The number of ether oxygens (including phenoxy) is 1. The molecule has 0 aliphatic heterocycles. The number of hydrogen-bond acceptors (Lipinski definition) is 3. The molecule has 0 fully saturated rings. The molecular weight excluding hydrogens is 329 g/mol. The molecule has 2 rings (SSSR count). The van der Waals surface area contributed by atoms with Crippen LogP contribution in [0, 0.1) is 5.82 Å². The van der Waals surface area contributed by atoms with Gasteiger partial charge in [-0.25, -0.2) is 9.37 Å². The Balaban J connectivity index is 2.48. The van der Waals surface area contributed by atoms with Crippen molar-refractivity contribution in [2.24, 2.45) is 0 Å². The number of hydrogen-bond donors (Lipinski definition) is 1. The number of rotatable bonds is 3. The maximum absolute atomic E-state index is 13.7. The Labute approximate surface area is 119 Å². The van der Waals surface area contributed by atoms with Crippen molar-refractivity contribution in [1.82, 2.24) is 15.2 Å². The van der Waals surface area contributed by atoms with E-state index in [1.165, 1.54) is 0 Å². The van der Waals surface area contributed by atoms with Gasteiger partial charge in [0.25, 0.3) is 5.88 Å². The third-order valence-electron chi connectivity index (χ3n) is 2.00. The SMILES string of the molecule is Fc1cc(Cl)c(Cl)nc1-c1[nH]nc(OC(F)F)c1Cl. The monoisotopic (exact) mass is 331 g/mol. The zero-order valence-corrected chi connectivity index (χ0v) is 11.0. The molecule has 4 nitrogen and oxygen atoms in total. The summed E-state index contributed by atoms with van der Waals surface area (Å²) in [6.45, 7) is -3.11. The van der Waals surface area contributed by atoms with Gasteiger partial charge >= 0.3 is 6.61 Å². The van der Waals surface area contributed by atoms with Crippen molar-refractivity contribution >= 4 is 34.8 Å². The van der Waals surface area contributed by atoms with E-state index < -0.39 is 18.3 Å². The zero-order chi connectivity index (χ0) is 14.2. The average Bonchev–Trinajstić information content (AvgIpc) is 2.65. The normalized spacial score (nSPS) is 11.1. The minimum absolute atomic E-state index is 0.0948. The number of alkyl halides is 2. The first-order valence-electron chi connectivity index (χ1n) is 4.60. The summed E-state index contributed by atoms with van der Waals surface area (Å²) >= 11 is 16.9. The molecular formula is C9H3Cl3F3N3O.